The predicted molar refractivity (Wildman–Crippen MR) is 125 cm³/mol. The Labute approximate surface area is 189 Å². The lowest BCUT2D eigenvalue weighted by molar-refractivity contribution is 0.0696. The van der Waals surface area contributed by atoms with Crippen molar-refractivity contribution in [2.45, 2.75) is 6.61 Å². The van der Waals surface area contributed by atoms with E-state index in [1.165, 1.54) is 18.3 Å². The number of fused-ring (bicyclic) bond motifs is 1. The minimum atomic E-state index is -0.983. The van der Waals surface area contributed by atoms with Crippen LogP contribution in [0.25, 0.3) is 10.8 Å². The highest BCUT2D eigenvalue weighted by Gasteiger charge is 2.12. The number of aromatic hydroxyl groups is 1. The fourth-order valence-electron chi connectivity index (χ4n) is 3.25. The summed E-state index contributed by atoms with van der Waals surface area (Å²) in [6.07, 6.45) is 1.46. The van der Waals surface area contributed by atoms with Crippen LogP contribution in [0.5, 0.6) is 11.5 Å². The number of hydrazone groups is 1. The van der Waals surface area contributed by atoms with Gasteiger partial charge in [-0.05, 0) is 52.7 Å². The average Bonchev–Trinajstić information content (AvgIpc) is 2.83. The summed E-state index contributed by atoms with van der Waals surface area (Å²) in [4.78, 5) is 23.5. The summed E-state index contributed by atoms with van der Waals surface area (Å²) < 4.78 is 5.84. The van der Waals surface area contributed by atoms with Gasteiger partial charge in [0.1, 0.15) is 18.1 Å². The fraction of sp³-hybridized carbons (Fsp3) is 0.0385. The van der Waals surface area contributed by atoms with E-state index < -0.39 is 11.9 Å². The number of nitrogens with zero attached hydrogens (tertiary/aromatic N) is 1. The third-order valence-corrected chi connectivity index (χ3v) is 4.99. The van der Waals surface area contributed by atoms with Crippen molar-refractivity contribution in [1.82, 2.24) is 5.43 Å². The summed E-state index contributed by atoms with van der Waals surface area (Å²) in [6.45, 7) is 0.238. The van der Waals surface area contributed by atoms with E-state index in [0.29, 0.717) is 11.3 Å². The van der Waals surface area contributed by atoms with Crippen LogP contribution in [0.4, 0.5) is 0 Å². The van der Waals surface area contributed by atoms with E-state index >= 15 is 0 Å². The van der Waals surface area contributed by atoms with Crippen molar-refractivity contribution in [3.8, 4) is 11.5 Å². The van der Waals surface area contributed by atoms with E-state index in [-0.39, 0.29) is 23.5 Å². The molecule has 0 saturated heterocycles. The molecule has 164 valence electrons. The Morgan fingerprint density at radius 2 is 1.58 bits per heavy atom. The number of rotatable bonds is 7. The Kier molecular flexibility index (Phi) is 6.31. The first kappa shape index (κ1) is 21.6. The Bertz CT molecular complexity index is 1350. The normalized spacial score (nSPS) is 10.9. The lowest BCUT2D eigenvalue weighted by atomic mass is 10.1. The molecule has 0 atom stereocenters. The van der Waals surface area contributed by atoms with Gasteiger partial charge in [0, 0.05) is 5.56 Å². The first-order valence-electron chi connectivity index (χ1n) is 10.1. The molecular formula is C26H20N2O5. The number of benzene rings is 4. The Hall–Kier alpha value is -4.65. The van der Waals surface area contributed by atoms with E-state index in [9.17, 15) is 14.7 Å². The molecule has 0 radical (unpaired) electrons. The lowest BCUT2D eigenvalue weighted by Crippen LogP contribution is -2.17. The number of carboxylic acid groups (broad SMARTS) is 1. The van der Waals surface area contributed by atoms with Gasteiger partial charge >= 0.3 is 5.97 Å². The van der Waals surface area contributed by atoms with E-state index in [4.69, 9.17) is 9.84 Å². The van der Waals surface area contributed by atoms with Gasteiger partial charge in [-0.25, -0.2) is 10.2 Å². The minimum absolute atomic E-state index is 0.125. The van der Waals surface area contributed by atoms with E-state index in [0.717, 1.165) is 16.3 Å². The van der Waals surface area contributed by atoms with Crippen molar-refractivity contribution in [1.29, 1.82) is 0 Å². The quantitative estimate of drug-likeness (QED) is 0.288. The number of hydrogen-bond acceptors (Lipinski definition) is 5. The third kappa shape index (κ3) is 5.16. The standard InChI is InChI=1S/C26H20N2O5/c29-23-14-20-6-2-1-5-19(20)13-22(23)25(30)28-27-15-21-7-3-4-8-24(21)33-16-17-9-11-18(12-10-17)26(31)32/h1-15,29H,16H2,(H,28,30)(H,31,32). The molecule has 1 amide bonds. The van der Waals surface area contributed by atoms with Crippen LogP contribution in [0.15, 0.2) is 90.0 Å². The van der Waals surface area contributed by atoms with Crippen LogP contribution in [0, 0.1) is 0 Å². The molecule has 7 nitrogen and oxygen atoms in total. The van der Waals surface area contributed by atoms with Crippen LogP contribution in [-0.2, 0) is 6.61 Å². The smallest absolute Gasteiger partial charge is 0.335 e. The summed E-state index contributed by atoms with van der Waals surface area (Å²) in [5, 5.41) is 24.9. The topological polar surface area (TPSA) is 108 Å². The maximum absolute atomic E-state index is 12.5. The molecule has 0 unspecified atom stereocenters. The number of hydrogen-bond donors (Lipinski definition) is 3. The highest BCUT2D eigenvalue weighted by molar-refractivity contribution is 6.01. The summed E-state index contributed by atoms with van der Waals surface area (Å²) in [5.74, 6) is -1.10. The molecular weight excluding hydrogens is 420 g/mol. The van der Waals surface area contributed by atoms with Crippen molar-refractivity contribution in [3.05, 3.63) is 107 Å². The zero-order valence-corrected chi connectivity index (χ0v) is 17.4. The summed E-state index contributed by atoms with van der Waals surface area (Å²) >= 11 is 0. The molecule has 4 aromatic carbocycles. The molecule has 33 heavy (non-hydrogen) atoms. The molecule has 0 aliphatic heterocycles. The minimum Gasteiger partial charge on any atom is -0.507 e. The van der Waals surface area contributed by atoms with Crippen molar-refractivity contribution < 1.29 is 24.5 Å². The number of phenolic OH excluding ortho intramolecular Hbond substituents is 1. The van der Waals surface area contributed by atoms with E-state index in [1.807, 2.05) is 36.4 Å². The van der Waals surface area contributed by atoms with Gasteiger partial charge in [-0.15, -0.1) is 0 Å². The molecule has 4 aromatic rings. The second-order valence-corrected chi connectivity index (χ2v) is 7.24. The van der Waals surface area contributed by atoms with Crippen molar-refractivity contribution in [2.75, 3.05) is 0 Å². The lowest BCUT2D eigenvalue weighted by Gasteiger charge is -2.09. The second kappa shape index (κ2) is 9.65. The Morgan fingerprint density at radius 1 is 0.909 bits per heavy atom. The highest BCUT2D eigenvalue weighted by atomic mass is 16.5. The highest BCUT2D eigenvalue weighted by Crippen LogP contribution is 2.25. The number of para-hydroxylation sites is 1. The molecule has 0 spiro atoms. The number of carbonyl (C=O) groups is 2. The van der Waals surface area contributed by atoms with Crippen LogP contribution >= 0.6 is 0 Å². The molecule has 4 rings (SSSR count). The summed E-state index contributed by atoms with van der Waals surface area (Å²) in [7, 11) is 0. The zero-order valence-electron chi connectivity index (χ0n) is 17.4. The van der Waals surface area contributed by atoms with Gasteiger partial charge in [0.2, 0.25) is 0 Å². The van der Waals surface area contributed by atoms with Crippen LogP contribution in [0.2, 0.25) is 0 Å². The largest absolute Gasteiger partial charge is 0.507 e. The molecule has 7 heteroatoms. The van der Waals surface area contributed by atoms with Crippen molar-refractivity contribution in [3.63, 3.8) is 0 Å². The van der Waals surface area contributed by atoms with Gasteiger partial charge in [-0.1, -0.05) is 48.5 Å². The molecule has 0 aliphatic carbocycles. The molecule has 3 N–H and O–H groups in total. The molecule has 0 heterocycles. The number of carboxylic acids is 1. The maximum atomic E-state index is 12.5. The molecule has 0 aromatic heterocycles. The average molecular weight is 440 g/mol. The first-order valence-corrected chi connectivity index (χ1v) is 10.1. The number of carbonyl (C=O) groups excluding carboxylic acids is 1. The van der Waals surface area contributed by atoms with Crippen LogP contribution in [0.1, 0.15) is 31.8 Å². The number of aromatic carboxylic acids is 1. The monoisotopic (exact) mass is 440 g/mol. The first-order chi connectivity index (χ1) is 16.0. The van der Waals surface area contributed by atoms with Crippen LogP contribution in [-0.4, -0.2) is 28.3 Å². The molecule has 0 aliphatic rings. The Balaban J connectivity index is 1.43. The summed E-state index contributed by atoms with van der Waals surface area (Å²) in [6, 6.07) is 24.2. The second-order valence-electron chi connectivity index (χ2n) is 7.24. The van der Waals surface area contributed by atoms with Crippen LogP contribution in [0.3, 0.4) is 0 Å². The maximum Gasteiger partial charge on any atom is 0.335 e. The van der Waals surface area contributed by atoms with Gasteiger partial charge in [0.25, 0.3) is 5.91 Å². The van der Waals surface area contributed by atoms with E-state index in [2.05, 4.69) is 10.5 Å². The van der Waals surface area contributed by atoms with Gasteiger partial charge in [-0.3, -0.25) is 4.79 Å². The van der Waals surface area contributed by atoms with E-state index in [1.54, 1.807) is 36.4 Å². The SMILES string of the molecule is O=C(O)c1ccc(COc2ccccc2C=NNC(=O)c2cc3ccccc3cc2O)cc1. The number of amides is 1. The number of ether oxygens (including phenoxy) is 1. The number of nitrogens with one attached hydrogen (secondary N) is 1. The third-order valence-electron chi connectivity index (χ3n) is 4.99. The fourth-order valence-corrected chi connectivity index (χ4v) is 3.25. The number of phenols is 1. The molecule has 0 fully saturated rings. The summed E-state index contributed by atoms with van der Waals surface area (Å²) in [5.41, 5.74) is 4.22. The van der Waals surface area contributed by atoms with Gasteiger partial charge in [0.05, 0.1) is 17.3 Å². The van der Waals surface area contributed by atoms with Gasteiger partial charge < -0.3 is 14.9 Å². The zero-order chi connectivity index (χ0) is 23.2. The Morgan fingerprint density at radius 3 is 2.30 bits per heavy atom. The molecule has 0 saturated carbocycles. The molecule has 0 bridgehead atoms. The predicted octanol–water partition coefficient (Wildman–Crippen LogP) is 4.59. The van der Waals surface area contributed by atoms with Gasteiger partial charge in [-0.2, -0.15) is 5.10 Å². The van der Waals surface area contributed by atoms with Gasteiger partial charge in [0.15, 0.2) is 0 Å². The van der Waals surface area contributed by atoms with Crippen molar-refractivity contribution >= 4 is 28.9 Å². The van der Waals surface area contributed by atoms with Crippen LogP contribution < -0.4 is 10.2 Å². The van der Waals surface area contributed by atoms with Crippen molar-refractivity contribution in [2.24, 2.45) is 5.10 Å².